The highest BCUT2D eigenvalue weighted by Gasteiger charge is 2.32. The number of amides is 2. The Bertz CT molecular complexity index is 1120. The summed E-state index contributed by atoms with van der Waals surface area (Å²) in [5, 5.41) is 16.2. The minimum atomic E-state index is -1.69. The minimum absolute atomic E-state index is 0.0779. The zero-order valence-electron chi connectivity index (χ0n) is 19.4. The second-order valence-electron chi connectivity index (χ2n) is 7.67. The third-order valence-corrected chi connectivity index (χ3v) is 5.31. The molecule has 0 unspecified atom stereocenters. The lowest BCUT2D eigenvalue weighted by atomic mass is 9.99. The Labute approximate surface area is 203 Å². The molecule has 35 heavy (non-hydrogen) atoms. The molecule has 0 aliphatic carbocycles. The van der Waals surface area contributed by atoms with E-state index in [0.29, 0.717) is 22.6 Å². The lowest BCUT2D eigenvalue weighted by molar-refractivity contribution is -0.146. The molecule has 0 aliphatic heterocycles. The van der Waals surface area contributed by atoms with Crippen molar-refractivity contribution in [3.8, 4) is 5.88 Å². The Hall–Kier alpha value is -4.24. The number of ether oxygens (including phenoxy) is 2. The maximum absolute atomic E-state index is 13.0. The Morgan fingerprint density at radius 3 is 2.14 bits per heavy atom. The molecule has 2 amide bonds. The van der Waals surface area contributed by atoms with Crippen molar-refractivity contribution in [1.29, 1.82) is 0 Å². The highest BCUT2D eigenvalue weighted by atomic mass is 16.5. The summed E-state index contributed by atoms with van der Waals surface area (Å²) < 4.78 is 9.86. The van der Waals surface area contributed by atoms with Crippen molar-refractivity contribution in [3.63, 3.8) is 0 Å². The first kappa shape index (κ1) is 25.4. The molecule has 0 aliphatic rings. The normalized spacial score (nSPS) is 13.1. The van der Waals surface area contributed by atoms with E-state index in [1.54, 1.807) is 72.8 Å². The third-order valence-electron chi connectivity index (χ3n) is 5.31. The van der Waals surface area contributed by atoms with Gasteiger partial charge >= 0.3 is 5.97 Å². The first-order valence-electron chi connectivity index (χ1n) is 10.9. The minimum Gasteiger partial charge on any atom is -0.481 e. The number of rotatable bonds is 10. The second-order valence-corrected chi connectivity index (χ2v) is 7.67. The number of benzene rings is 2. The summed E-state index contributed by atoms with van der Waals surface area (Å²) in [5.74, 6) is -1.59. The van der Waals surface area contributed by atoms with Crippen LogP contribution in [-0.4, -0.2) is 54.2 Å². The van der Waals surface area contributed by atoms with Gasteiger partial charge in [0.1, 0.15) is 6.04 Å². The van der Waals surface area contributed by atoms with Crippen molar-refractivity contribution in [2.24, 2.45) is 0 Å². The quantitative estimate of drug-likeness (QED) is 0.380. The topological polar surface area (TPSA) is 127 Å². The Morgan fingerprint density at radius 1 is 0.914 bits per heavy atom. The molecule has 0 spiro atoms. The van der Waals surface area contributed by atoms with Crippen LogP contribution in [-0.2, 0) is 20.7 Å². The zero-order chi connectivity index (χ0) is 25.2. The fourth-order valence-corrected chi connectivity index (χ4v) is 3.45. The van der Waals surface area contributed by atoms with Gasteiger partial charge in [-0.1, -0.05) is 54.6 Å². The highest BCUT2D eigenvalue weighted by Crippen LogP contribution is 2.19. The van der Waals surface area contributed by atoms with Gasteiger partial charge in [0.25, 0.3) is 11.8 Å². The van der Waals surface area contributed by atoms with Crippen LogP contribution < -0.4 is 15.4 Å². The number of carbonyl (C=O) groups excluding carboxylic acids is 3. The van der Waals surface area contributed by atoms with Crippen LogP contribution in [0.3, 0.4) is 0 Å². The van der Waals surface area contributed by atoms with Gasteiger partial charge in [0.15, 0.2) is 6.10 Å². The largest absolute Gasteiger partial charge is 0.481 e. The van der Waals surface area contributed by atoms with Crippen LogP contribution in [0.4, 0.5) is 0 Å². The monoisotopic (exact) mass is 477 g/mol. The molecule has 3 N–H and O–H groups in total. The van der Waals surface area contributed by atoms with Crippen molar-refractivity contribution in [3.05, 3.63) is 95.7 Å². The first-order valence-corrected chi connectivity index (χ1v) is 10.9. The number of aliphatic hydroxyl groups is 1. The lowest BCUT2D eigenvalue weighted by Crippen LogP contribution is -2.51. The van der Waals surface area contributed by atoms with E-state index < -0.39 is 36.0 Å². The van der Waals surface area contributed by atoms with E-state index in [9.17, 15) is 19.5 Å². The summed E-state index contributed by atoms with van der Waals surface area (Å²) in [4.78, 5) is 42.3. The first-order chi connectivity index (χ1) is 16.9. The fourth-order valence-electron chi connectivity index (χ4n) is 3.45. The molecule has 1 heterocycles. The summed E-state index contributed by atoms with van der Waals surface area (Å²) >= 11 is 0. The SMILES string of the molecule is COC(=O)[C@H](Cc1ccc(OC)nc1)NC(=O)[C@H](O)[C@@H](NC(=O)c1ccccc1)c1ccccc1. The van der Waals surface area contributed by atoms with Gasteiger partial charge in [0.2, 0.25) is 5.88 Å². The van der Waals surface area contributed by atoms with Gasteiger partial charge in [-0.2, -0.15) is 0 Å². The van der Waals surface area contributed by atoms with E-state index in [4.69, 9.17) is 9.47 Å². The Kier molecular flexibility index (Phi) is 8.91. The van der Waals surface area contributed by atoms with E-state index in [0.717, 1.165) is 0 Å². The Morgan fingerprint density at radius 2 is 1.57 bits per heavy atom. The molecule has 1 aromatic heterocycles. The van der Waals surface area contributed by atoms with Crippen LogP contribution in [0.2, 0.25) is 0 Å². The number of nitrogens with one attached hydrogen (secondary N) is 2. The molecular formula is C26H27N3O6. The molecule has 2 aromatic carbocycles. The third kappa shape index (κ3) is 6.87. The maximum atomic E-state index is 13.0. The molecule has 3 atom stereocenters. The molecule has 0 saturated heterocycles. The molecule has 3 aromatic rings. The lowest BCUT2D eigenvalue weighted by Gasteiger charge is -2.26. The molecule has 9 heteroatoms. The molecule has 0 saturated carbocycles. The average molecular weight is 478 g/mol. The number of hydrogen-bond acceptors (Lipinski definition) is 7. The fraction of sp³-hybridized carbons (Fsp3) is 0.231. The van der Waals surface area contributed by atoms with Crippen molar-refractivity contribution < 1.29 is 29.0 Å². The molecule has 3 rings (SSSR count). The number of methoxy groups -OCH3 is 2. The van der Waals surface area contributed by atoms with Crippen LogP contribution in [0.15, 0.2) is 79.0 Å². The number of hydrogen-bond donors (Lipinski definition) is 3. The number of pyridine rings is 1. The molecular weight excluding hydrogens is 450 g/mol. The smallest absolute Gasteiger partial charge is 0.328 e. The predicted molar refractivity (Wildman–Crippen MR) is 128 cm³/mol. The summed E-state index contributed by atoms with van der Waals surface area (Å²) in [6, 6.07) is 18.3. The van der Waals surface area contributed by atoms with Crippen LogP contribution >= 0.6 is 0 Å². The molecule has 182 valence electrons. The van der Waals surface area contributed by atoms with Crippen LogP contribution in [0.25, 0.3) is 0 Å². The predicted octanol–water partition coefficient (Wildman–Crippen LogP) is 1.82. The second kappa shape index (κ2) is 12.3. The van der Waals surface area contributed by atoms with Gasteiger partial charge in [-0.05, 0) is 23.3 Å². The highest BCUT2D eigenvalue weighted by molar-refractivity contribution is 5.95. The number of carbonyl (C=O) groups is 3. The number of nitrogens with zero attached hydrogens (tertiary/aromatic N) is 1. The van der Waals surface area contributed by atoms with Crippen molar-refractivity contribution in [1.82, 2.24) is 15.6 Å². The molecule has 0 fully saturated rings. The molecule has 0 bridgehead atoms. The number of aromatic nitrogens is 1. The van der Waals surface area contributed by atoms with Gasteiger partial charge in [-0.3, -0.25) is 9.59 Å². The average Bonchev–Trinajstić information content (AvgIpc) is 2.91. The summed E-state index contributed by atoms with van der Waals surface area (Å²) in [6.07, 6.45) is -0.0927. The summed E-state index contributed by atoms with van der Waals surface area (Å²) in [5.41, 5.74) is 1.54. The van der Waals surface area contributed by atoms with Crippen molar-refractivity contribution >= 4 is 17.8 Å². The Balaban J connectivity index is 1.79. The molecule has 9 nitrogen and oxygen atoms in total. The number of aliphatic hydroxyl groups excluding tert-OH is 1. The standard InChI is InChI=1S/C26H27N3O6/c1-34-21-14-13-17(16-27-21)15-20(26(33)35-2)28-25(32)23(30)22(18-9-5-3-6-10-18)29-24(31)19-11-7-4-8-12-19/h3-14,16,20,22-23,30H,15H2,1-2H3,(H,28,32)(H,29,31)/t20-,22-,23+/m0/s1. The van der Waals surface area contributed by atoms with Gasteiger partial charge in [0, 0.05) is 24.2 Å². The van der Waals surface area contributed by atoms with Gasteiger partial charge in [0.05, 0.1) is 20.3 Å². The summed E-state index contributed by atoms with van der Waals surface area (Å²) in [7, 11) is 2.69. The van der Waals surface area contributed by atoms with Crippen LogP contribution in [0, 0.1) is 0 Å². The van der Waals surface area contributed by atoms with E-state index >= 15 is 0 Å². The van der Waals surface area contributed by atoms with E-state index in [2.05, 4.69) is 15.6 Å². The van der Waals surface area contributed by atoms with E-state index in [1.807, 2.05) is 0 Å². The van der Waals surface area contributed by atoms with Gasteiger partial charge in [-0.15, -0.1) is 0 Å². The van der Waals surface area contributed by atoms with Gasteiger partial charge in [-0.25, -0.2) is 9.78 Å². The maximum Gasteiger partial charge on any atom is 0.328 e. The van der Waals surface area contributed by atoms with E-state index in [1.165, 1.54) is 20.4 Å². The van der Waals surface area contributed by atoms with Gasteiger partial charge < -0.3 is 25.2 Å². The van der Waals surface area contributed by atoms with Crippen molar-refractivity contribution in [2.75, 3.05) is 14.2 Å². The number of esters is 1. The van der Waals surface area contributed by atoms with Crippen LogP contribution in [0.5, 0.6) is 5.88 Å². The van der Waals surface area contributed by atoms with Crippen molar-refractivity contribution in [2.45, 2.75) is 24.6 Å². The van der Waals surface area contributed by atoms with Crippen LogP contribution in [0.1, 0.15) is 27.5 Å². The molecule has 0 radical (unpaired) electrons. The summed E-state index contributed by atoms with van der Waals surface area (Å²) in [6.45, 7) is 0. The van der Waals surface area contributed by atoms with E-state index in [-0.39, 0.29) is 6.42 Å². The zero-order valence-corrected chi connectivity index (χ0v) is 19.4.